The van der Waals surface area contributed by atoms with Crippen molar-refractivity contribution in [3.05, 3.63) is 46.7 Å². The van der Waals surface area contributed by atoms with Crippen molar-refractivity contribution in [2.24, 2.45) is 0 Å². The third-order valence-corrected chi connectivity index (χ3v) is 5.89. The fraction of sp³-hybridized carbons (Fsp3) is 0.412. The van der Waals surface area contributed by atoms with Crippen molar-refractivity contribution in [1.29, 1.82) is 0 Å². The molecule has 0 amide bonds. The molecule has 3 aliphatic heterocycles. The van der Waals surface area contributed by atoms with Gasteiger partial charge in [0.15, 0.2) is 11.6 Å². The predicted molar refractivity (Wildman–Crippen MR) is 83.2 cm³/mol. The molecule has 108 valence electrons. The van der Waals surface area contributed by atoms with Crippen molar-refractivity contribution < 1.29 is 9.59 Å². The minimum absolute atomic E-state index is 0.0205. The lowest BCUT2D eigenvalue weighted by Gasteiger charge is -2.52. The number of carbonyl (C=O) groups is 2. The summed E-state index contributed by atoms with van der Waals surface area (Å²) in [5.74, 6) is 1.29. The molecule has 1 aromatic carbocycles. The third kappa shape index (κ3) is 1.75. The highest BCUT2D eigenvalue weighted by molar-refractivity contribution is 8.00. The largest absolute Gasteiger partial charge is 0.363 e. The highest BCUT2D eigenvalue weighted by Gasteiger charge is 2.48. The first-order valence-electron chi connectivity index (χ1n) is 7.34. The van der Waals surface area contributed by atoms with Gasteiger partial charge in [0, 0.05) is 24.4 Å². The SMILES string of the molecule is C[C@]12CC(=O)C3=C(CSCC3=O)N1CCc1ccccc12. The Morgan fingerprint density at radius 3 is 2.81 bits per heavy atom. The number of hydrogen-bond acceptors (Lipinski definition) is 4. The van der Waals surface area contributed by atoms with Crippen LogP contribution in [-0.2, 0) is 21.5 Å². The van der Waals surface area contributed by atoms with E-state index in [-0.39, 0.29) is 17.1 Å². The molecule has 0 N–H and O–H groups in total. The Kier molecular flexibility index (Phi) is 2.80. The maximum Gasteiger partial charge on any atom is 0.178 e. The van der Waals surface area contributed by atoms with Gasteiger partial charge in [0.1, 0.15) is 0 Å². The molecule has 1 atom stereocenters. The van der Waals surface area contributed by atoms with Crippen LogP contribution in [0.5, 0.6) is 0 Å². The topological polar surface area (TPSA) is 37.4 Å². The minimum atomic E-state index is -0.289. The van der Waals surface area contributed by atoms with Crippen LogP contribution in [-0.4, -0.2) is 34.5 Å². The Morgan fingerprint density at radius 1 is 1.14 bits per heavy atom. The van der Waals surface area contributed by atoms with Crippen molar-refractivity contribution in [1.82, 2.24) is 4.90 Å². The van der Waals surface area contributed by atoms with Gasteiger partial charge in [0.2, 0.25) is 0 Å². The van der Waals surface area contributed by atoms with E-state index in [1.165, 1.54) is 11.1 Å². The molecule has 3 heterocycles. The molecule has 0 fully saturated rings. The number of fused-ring (bicyclic) bond motifs is 4. The molecule has 4 rings (SSSR count). The lowest BCUT2D eigenvalue weighted by molar-refractivity contribution is -0.124. The fourth-order valence-electron chi connectivity index (χ4n) is 3.99. The number of carbonyl (C=O) groups excluding carboxylic acids is 2. The number of Topliss-reactive ketones (excluding diaryl/α,β-unsaturated/α-hetero) is 2. The van der Waals surface area contributed by atoms with E-state index >= 15 is 0 Å². The predicted octanol–water partition coefficient (Wildman–Crippen LogP) is 2.30. The zero-order valence-electron chi connectivity index (χ0n) is 12.0. The molecule has 0 radical (unpaired) electrons. The molecule has 0 aliphatic carbocycles. The van der Waals surface area contributed by atoms with Gasteiger partial charge in [-0.05, 0) is 24.5 Å². The summed E-state index contributed by atoms with van der Waals surface area (Å²) in [6, 6.07) is 8.40. The van der Waals surface area contributed by atoms with Gasteiger partial charge in [-0.1, -0.05) is 24.3 Å². The van der Waals surface area contributed by atoms with Crippen molar-refractivity contribution in [3.63, 3.8) is 0 Å². The van der Waals surface area contributed by atoms with Gasteiger partial charge in [0.05, 0.1) is 16.9 Å². The summed E-state index contributed by atoms with van der Waals surface area (Å²) in [4.78, 5) is 27.1. The molecular weight excluding hydrogens is 282 g/mol. The quantitative estimate of drug-likeness (QED) is 0.689. The summed E-state index contributed by atoms with van der Waals surface area (Å²) in [5.41, 5.74) is 3.76. The molecule has 0 aromatic heterocycles. The normalized spacial score (nSPS) is 28.1. The van der Waals surface area contributed by atoms with Crippen LogP contribution in [0.15, 0.2) is 35.5 Å². The number of nitrogens with zero attached hydrogens (tertiary/aromatic N) is 1. The van der Waals surface area contributed by atoms with Gasteiger partial charge < -0.3 is 4.90 Å². The number of benzene rings is 1. The van der Waals surface area contributed by atoms with Crippen LogP contribution < -0.4 is 0 Å². The fourth-order valence-corrected chi connectivity index (χ4v) is 4.91. The van der Waals surface area contributed by atoms with E-state index in [0.717, 1.165) is 24.4 Å². The van der Waals surface area contributed by atoms with E-state index in [2.05, 4.69) is 30.0 Å². The van der Waals surface area contributed by atoms with E-state index in [9.17, 15) is 9.59 Å². The number of rotatable bonds is 0. The second-order valence-electron chi connectivity index (χ2n) is 6.17. The van der Waals surface area contributed by atoms with E-state index in [1.54, 1.807) is 11.8 Å². The maximum absolute atomic E-state index is 12.6. The summed E-state index contributed by atoms with van der Waals surface area (Å²) in [7, 11) is 0. The van der Waals surface area contributed by atoms with Gasteiger partial charge in [-0.2, -0.15) is 0 Å². The van der Waals surface area contributed by atoms with Crippen LogP contribution in [0.2, 0.25) is 0 Å². The Hall–Kier alpha value is -1.55. The number of thioether (sulfide) groups is 1. The molecule has 4 heteroatoms. The molecule has 3 aliphatic rings. The van der Waals surface area contributed by atoms with Crippen molar-refractivity contribution in [2.75, 3.05) is 18.1 Å². The molecule has 1 aromatic rings. The molecule has 21 heavy (non-hydrogen) atoms. The highest BCUT2D eigenvalue weighted by atomic mass is 32.2. The van der Waals surface area contributed by atoms with E-state index in [1.807, 2.05) is 6.07 Å². The van der Waals surface area contributed by atoms with Crippen LogP contribution in [0, 0.1) is 0 Å². The molecular formula is C17H17NO2S. The smallest absolute Gasteiger partial charge is 0.178 e. The average Bonchev–Trinajstić information content (AvgIpc) is 2.47. The Morgan fingerprint density at radius 2 is 1.95 bits per heavy atom. The first-order chi connectivity index (χ1) is 10.1. The summed E-state index contributed by atoms with van der Waals surface area (Å²) in [5, 5.41) is 0. The van der Waals surface area contributed by atoms with Gasteiger partial charge in [-0.15, -0.1) is 11.8 Å². The van der Waals surface area contributed by atoms with E-state index < -0.39 is 0 Å². The van der Waals surface area contributed by atoms with Crippen LogP contribution in [0.25, 0.3) is 0 Å². The van der Waals surface area contributed by atoms with Gasteiger partial charge in [-0.25, -0.2) is 0 Å². The Labute approximate surface area is 128 Å². The summed E-state index contributed by atoms with van der Waals surface area (Å²) in [6.45, 7) is 3.05. The zero-order chi connectivity index (χ0) is 14.6. The lowest BCUT2D eigenvalue weighted by Crippen LogP contribution is -2.54. The number of allylic oxidation sites excluding steroid dienone is 1. The number of ketones is 2. The number of hydrogen-bond donors (Lipinski definition) is 0. The van der Waals surface area contributed by atoms with Crippen molar-refractivity contribution in [3.8, 4) is 0 Å². The first kappa shape index (κ1) is 13.1. The second-order valence-corrected chi connectivity index (χ2v) is 7.16. The monoisotopic (exact) mass is 299 g/mol. The first-order valence-corrected chi connectivity index (χ1v) is 8.50. The third-order valence-electron chi connectivity index (χ3n) is 4.95. The van der Waals surface area contributed by atoms with Crippen molar-refractivity contribution in [2.45, 2.75) is 25.3 Å². The van der Waals surface area contributed by atoms with E-state index in [0.29, 0.717) is 17.7 Å². The molecule has 0 saturated carbocycles. The van der Waals surface area contributed by atoms with Crippen LogP contribution in [0.3, 0.4) is 0 Å². The second kappa shape index (κ2) is 4.47. The Balaban J connectivity index is 1.90. The molecule has 0 spiro atoms. The van der Waals surface area contributed by atoms with Crippen LogP contribution in [0.1, 0.15) is 24.5 Å². The summed E-state index contributed by atoms with van der Waals surface area (Å²) in [6.07, 6.45) is 1.40. The van der Waals surface area contributed by atoms with Gasteiger partial charge in [0.25, 0.3) is 0 Å². The molecule has 0 bridgehead atoms. The van der Waals surface area contributed by atoms with E-state index in [4.69, 9.17) is 0 Å². The standard InChI is InChI=1S/C17H17NO2S/c1-17-8-14(19)16-13(9-21-10-15(16)20)18(17)7-6-11-4-2-3-5-12(11)17/h2-5H,6-10H2,1H3/t17-/m1/s1. The van der Waals surface area contributed by atoms with Gasteiger partial charge in [-0.3, -0.25) is 9.59 Å². The molecule has 3 nitrogen and oxygen atoms in total. The van der Waals surface area contributed by atoms with Gasteiger partial charge >= 0.3 is 0 Å². The average molecular weight is 299 g/mol. The highest BCUT2D eigenvalue weighted by Crippen LogP contribution is 2.46. The minimum Gasteiger partial charge on any atom is -0.363 e. The maximum atomic E-state index is 12.6. The zero-order valence-corrected chi connectivity index (χ0v) is 12.8. The summed E-state index contributed by atoms with van der Waals surface area (Å²) >= 11 is 1.63. The molecule has 0 unspecified atom stereocenters. The van der Waals surface area contributed by atoms with Crippen LogP contribution in [0.4, 0.5) is 0 Å². The Bertz CT molecular complexity index is 694. The summed E-state index contributed by atoms with van der Waals surface area (Å²) < 4.78 is 0. The lowest BCUT2D eigenvalue weighted by atomic mass is 9.74. The van der Waals surface area contributed by atoms with Crippen LogP contribution >= 0.6 is 11.8 Å². The van der Waals surface area contributed by atoms with Crippen molar-refractivity contribution >= 4 is 23.3 Å². The molecule has 0 saturated heterocycles.